The molecule has 2 amide bonds. The summed E-state index contributed by atoms with van der Waals surface area (Å²) in [5.41, 5.74) is 1.45. The fourth-order valence-electron chi connectivity index (χ4n) is 1.66. The molecule has 0 aliphatic carbocycles. The summed E-state index contributed by atoms with van der Waals surface area (Å²) in [6, 6.07) is 6.04. The number of likely N-dealkylation sites (N-methyl/N-ethyl adjacent to an activating group) is 1. The zero-order valence-electron chi connectivity index (χ0n) is 11.5. The summed E-state index contributed by atoms with van der Waals surface area (Å²) in [6.45, 7) is 1.90. The Bertz CT molecular complexity index is 496. The van der Waals surface area contributed by atoms with Crippen LogP contribution in [-0.4, -0.2) is 36.0 Å². The van der Waals surface area contributed by atoms with Crippen molar-refractivity contribution >= 4 is 17.8 Å². The monoisotopic (exact) mass is 278 g/mol. The summed E-state index contributed by atoms with van der Waals surface area (Å²) in [4.78, 5) is 34.2. The SMILES string of the molecule is CNC(=O)C(CCC(=O)O)NC(=O)c1ccc(C)cc1. The van der Waals surface area contributed by atoms with Crippen LogP contribution in [0.15, 0.2) is 24.3 Å². The third-order valence-corrected chi connectivity index (χ3v) is 2.83. The molecule has 0 radical (unpaired) electrons. The van der Waals surface area contributed by atoms with Gasteiger partial charge in [-0.15, -0.1) is 0 Å². The van der Waals surface area contributed by atoms with E-state index >= 15 is 0 Å². The molecule has 0 saturated carbocycles. The molecule has 0 fully saturated rings. The van der Waals surface area contributed by atoms with Crippen LogP contribution in [0.4, 0.5) is 0 Å². The van der Waals surface area contributed by atoms with Crippen LogP contribution in [0, 0.1) is 6.92 Å². The van der Waals surface area contributed by atoms with E-state index in [4.69, 9.17) is 5.11 Å². The number of nitrogens with one attached hydrogen (secondary N) is 2. The molecule has 0 heterocycles. The fourth-order valence-corrected chi connectivity index (χ4v) is 1.66. The molecule has 1 aromatic rings. The Hall–Kier alpha value is -2.37. The third-order valence-electron chi connectivity index (χ3n) is 2.83. The maximum atomic E-state index is 12.0. The standard InChI is InChI=1S/C14H18N2O4/c1-9-3-5-10(6-4-9)13(19)16-11(14(20)15-2)7-8-12(17)18/h3-6,11H,7-8H2,1-2H3,(H,15,20)(H,16,19)(H,17,18). The molecule has 6 nitrogen and oxygen atoms in total. The van der Waals surface area contributed by atoms with Crippen molar-refractivity contribution in [1.82, 2.24) is 10.6 Å². The van der Waals surface area contributed by atoms with Crippen LogP contribution in [0.2, 0.25) is 0 Å². The number of amides is 2. The highest BCUT2D eigenvalue weighted by Crippen LogP contribution is 2.05. The quantitative estimate of drug-likeness (QED) is 0.714. The van der Waals surface area contributed by atoms with E-state index in [1.165, 1.54) is 7.05 Å². The van der Waals surface area contributed by atoms with Crippen LogP contribution in [0.5, 0.6) is 0 Å². The molecule has 1 aromatic carbocycles. The number of carboxylic acid groups (broad SMARTS) is 1. The average Bonchev–Trinajstić information content (AvgIpc) is 2.42. The number of aliphatic carboxylic acids is 1. The van der Waals surface area contributed by atoms with E-state index in [1.807, 2.05) is 6.92 Å². The molecule has 0 bridgehead atoms. The Labute approximate surface area is 117 Å². The van der Waals surface area contributed by atoms with Crippen LogP contribution in [0.25, 0.3) is 0 Å². The second-order valence-corrected chi connectivity index (χ2v) is 4.44. The minimum atomic E-state index is -1.01. The van der Waals surface area contributed by atoms with E-state index in [2.05, 4.69) is 10.6 Å². The van der Waals surface area contributed by atoms with Crippen LogP contribution in [-0.2, 0) is 9.59 Å². The highest BCUT2D eigenvalue weighted by Gasteiger charge is 2.21. The molecule has 0 aromatic heterocycles. The lowest BCUT2D eigenvalue weighted by molar-refractivity contribution is -0.137. The van der Waals surface area contributed by atoms with Gasteiger partial charge in [0.25, 0.3) is 5.91 Å². The zero-order valence-corrected chi connectivity index (χ0v) is 11.5. The van der Waals surface area contributed by atoms with Gasteiger partial charge in [-0.2, -0.15) is 0 Å². The van der Waals surface area contributed by atoms with Gasteiger partial charge in [-0.1, -0.05) is 17.7 Å². The van der Waals surface area contributed by atoms with Gasteiger partial charge in [0.2, 0.25) is 5.91 Å². The largest absolute Gasteiger partial charge is 0.481 e. The highest BCUT2D eigenvalue weighted by atomic mass is 16.4. The lowest BCUT2D eigenvalue weighted by Crippen LogP contribution is -2.45. The Morgan fingerprint density at radius 2 is 1.80 bits per heavy atom. The third kappa shape index (κ3) is 4.72. The van der Waals surface area contributed by atoms with E-state index in [0.717, 1.165) is 5.56 Å². The van der Waals surface area contributed by atoms with Gasteiger partial charge in [-0.3, -0.25) is 14.4 Å². The minimum absolute atomic E-state index is 0.0482. The molecule has 6 heteroatoms. The van der Waals surface area contributed by atoms with Crippen LogP contribution >= 0.6 is 0 Å². The molecule has 20 heavy (non-hydrogen) atoms. The van der Waals surface area contributed by atoms with E-state index in [0.29, 0.717) is 5.56 Å². The van der Waals surface area contributed by atoms with Gasteiger partial charge in [-0.05, 0) is 25.5 Å². The van der Waals surface area contributed by atoms with Crippen molar-refractivity contribution in [2.75, 3.05) is 7.05 Å². The van der Waals surface area contributed by atoms with Crippen molar-refractivity contribution in [1.29, 1.82) is 0 Å². The highest BCUT2D eigenvalue weighted by molar-refractivity contribution is 5.97. The number of rotatable bonds is 6. The van der Waals surface area contributed by atoms with E-state index < -0.39 is 23.8 Å². The molecule has 3 N–H and O–H groups in total. The number of carbonyl (C=O) groups is 3. The Morgan fingerprint density at radius 1 is 1.20 bits per heavy atom. The number of hydrogen-bond donors (Lipinski definition) is 3. The van der Waals surface area contributed by atoms with Gasteiger partial charge < -0.3 is 15.7 Å². The molecule has 1 unspecified atom stereocenters. The molecular weight excluding hydrogens is 260 g/mol. The normalized spacial score (nSPS) is 11.5. The summed E-state index contributed by atoms with van der Waals surface area (Å²) in [5.74, 6) is -1.82. The summed E-state index contributed by atoms with van der Waals surface area (Å²) < 4.78 is 0. The second kappa shape index (κ2) is 7.28. The number of aryl methyl sites for hydroxylation is 1. The van der Waals surface area contributed by atoms with Crippen LogP contribution in [0.3, 0.4) is 0 Å². The topological polar surface area (TPSA) is 95.5 Å². The summed E-state index contributed by atoms with van der Waals surface area (Å²) in [5, 5.41) is 13.6. The molecule has 108 valence electrons. The van der Waals surface area contributed by atoms with Crippen LogP contribution < -0.4 is 10.6 Å². The molecule has 0 spiro atoms. The van der Waals surface area contributed by atoms with Crippen molar-refractivity contribution in [2.45, 2.75) is 25.8 Å². The van der Waals surface area contributed by atoms with E-state index in [-0.39, 0.29) is 12.8 Å². The van der Waals surface area contributed by atoms with Crippen LogP contribution in [0.1, 0.15) is 28.8 Å². The molecular formula is C14H18N2O4. The summed E-state index contributed by atoms with van der Waals surface area (Å²) >= 11 is 0. The molecule has 0 aliphatic rings. The Kier molecular flexibility index (Phi) is 5.71. The molecule has 0 saturated heterocycles. The van der Waals surface area contributed by atoms with Gasteiger partial charge in [0.05, 0.1) is 0 Å². The molecule has 1 rings (SSSR count). The Morgan fingerprint density at radius 3 is 2.30 bits per heavy atom. The zero-order chi connectivity index (χ0) is 15.1. The molecule has 1 atom stereocenters. The first-order valence-corrected chi connectivity index (χ1v) is 6.25. The number of carboxylic acids is 1. The van der Waals surface area contributed by atoms with Crippen molar-refractivity contribution in [3.05, 3.63) is 35.4 Å². The second-order valence-electron chi connectivity index (χ2n) is 4.44. The minimum Gasteiger partial charge on any atom is -0.481 e. The van der Waals surface area contributed by atoms with Crippen molar-refractivity contribution < 1.29 is 19.5 Å². The fraction of sp³-hybridized carbons (Fsp3) is 0.357. The first kappa shape index (κ1) is 15.7. The average molecular weight is 278 g/mol. The van der Waals surface area contributed by atoms with Gasteiger partial charge in [0.15, 0.2) is 0 Å². The van der Waals surface area contributed by atoms with E-state index in [1.54, 1.807) is 24.3 Å². The summed E-state index contributed by atoms with van der Waals surface area (Å²) in [6.07, 6.45) is -0.140. The van der Waals surface area contributed by atoms with Gasteiger partial charge in [0.1, 0.15) is 6.04 Å². The van der Waals surface area contributed by atoms with Crippen molar-refractivity contribution in [3.8, 4) is 0 Å². The predicted octanol–water partition coefficient (Wildman–Crippen LogP) is 0.704. The first-order chi connectivity index (χ1) is 9.43. The molecule has 0 aliphatic heterocycles. The number of carbonyl (C=O) groups excluding carboxylic acids is 2. The lowest BCUT2D eigenvalue weighted by Gasteiger charge is -2.16. The van der Waals surface area contributed by atoms with Gasteiger partial charge in [0, 0.05) is 19.0 Å². The number of hydrogen-bond acceptors (Lipinski definition) is 3. The maximum Gasteiger partial charge on any atom is 0.303 e. The van der Waals surface area contributed by atoms with Crippen molar-refractivity contribution in [2.24, 2.45) is 0 Å². The number of benzene rings is 1. The lowest BCUT2D eigenvalue weighted by atomic mass is 10.1. The smallest absolute Gasteiger partial charge is 0.303 e. The van der Waals surface area contributed by atoms with Gasteiger partial charge in [-0.25, -0.2) is 0 Å². The van der Waals surface area contributed by atoms with Crippen molar-refractivity contribution in [3.63, 3.8) is 0 Å². The summed E-state index contributed by atoms with van der Waals surface area (Å²) in [7, 11) is 1.44. The Balaban J connectivity index is 2.72. The van der Waals surface area contributed by atoms with E-state index in [9.17, 15) is 14.4 Å². The first-order valence-electron chi connectivity index (χ1n) is 6.25. The maximum absolute atomic E-state index is 12.0. The van der Waals surface area contributed by atoms with Gasteiger partial charge >= 0.3 is 5.97 Å². The predicted molar refractivity (Wildman–Crippen MR) is 73.4 cm³/mol.